The van der Waals surface area contributed by atoms with Crippen LogP contribution in [0.5, 0.6) is 0 Å². The van der Waals surface area contributed by atoms with Crippen LogP contribution in [0.4, 0.5) is 0 Å². The summed E-state index contributed by atoms with van der Waals surface area (Å²) < 4.78 is 0.877. The van der Waals surface area contributed by atoms with Gasteiger partial charge >= 0.3 is 0 Å². The Kier molecular flexibility index (Phi) is 4.28. The van der Waals surface area contributed by atoms with Crippen molar-refractivity contribution in [3.8, 4) is 0 Å². The van der Waals surface area contributed by atoms with Gasteiger partial charge in [0.2, 0.25) is 0 Å². The van der Waals surface area contributed by atoms with Crippen molar-refractivity contribution in [1.29, 1.82) is 0 Å². The maximum atomic E-state index is 11.9. The maximum absolute atomic E-state index is 11.9. The van der Waals surface area contributed by atoms with Crippen LogP contribution in [0.25, 0.3) is 6.08 Å². The van der Waals surface area contributed by atoms with E-state index < -0.39 is 5.91 Å². The molecule has 0 bridgehead atoms. The van der Waals surface area contributed by atoms with Gasteiger partial charge in [-0.2, -0.15) is 0 Å². The van der Waals surface area contributed by atoms with Crippen LogP contribution in [0.2, 0.25) is 0 Å². The van der Waals surface area contributed by atoms with Gasteiger partial charge in [0.25, 0.3) is 11.8 Å². The van der Waals surface area contributed by atoms with Gasteiger partial charge in [0.05, 0.1) is 5.36 Å². The van der Waals surface area contributed by atoms with E-state index in [1.807, 2.05) is 18.2 Å². The van der Waals surface area contributed by atoms with Crippen molar-refractivity contribution in [3.05, 3.63) is 74.7 Å². The number of carbonyl (C=O) groups is 2. The Hall–Kier alpha value is -2.82. The predicted molar refractivity (Wildman–Crippen MR) is 89.3 cm³/mol. The Balaban J connectivity index is 1.83. The number of para-hydroxylation sites is 1. The van der Waals surface area contributed by atoms with Crippen LogP contribution in [-0.2, 0) is 4.79 Å². The first-order chi connectivity index (χ1) is 11.1. The molecule has 0 radical (unpaired) electrons. The summed E-state index contributed by atoms with van der Waals surface area (Å²) in [5.41, 5.74) is 2.99. The number of nitrogens with one attached hydrogen (secondary N) is 1. The molecule has 1 heterocycles. The Morgan fingerprint density at radius 2 is 1.87 bits per heavy atom. The molecule has 2 amide bonds. The molecule has 23 heavy (non-hydrogen) atoms. The zero-order valence-electron chi connectivity index (χ0n) is 11.8. The molecule has 0 atom stereocenters. The van der Waals surface area contributed by atoms with Gasteiger partial charge in [-0.3, -0.25) is 9.59 Å². The van der Waals surface area contributed by atoms with Crippen molar-refractivity contribution < 1.29 is 9.59 Å². The summed E-state index contributed by atoms with van der Waals surface area (Å²) in [5, 5.41) is 5.13. The molecule has 1 N–H and O–H groups in total. The SMILES string of the molecule is O=C1N=c2ccccc2=CC1=C=NNC(=O)c1ccc(Br)cc1. The molecular formula is C17H10BrN3O2. The van der Waals surface area contributed by atoms with Crippen molar-refractivity contribution in [1.82, 2.24) is 5.43 Å². The smallest absolute Gasteiger partial charge is 0.267 e. The van der Waals surface area contributed by atoms with Crippen LogP contribution >= 0.6 is 15.9 Å². The zero-order valence-corrected chi connectivity index (χ0v) is 13.4. The molecule has 0 unspecified atom stereocenters. The maximum Gasteiger partial charge on any atom is 0.287 e. The number of rotatable bonds is 2. The summed E-state index contributed by atoms with van der Waals surface area (Å²) in [7, 11) is 0. The van der Waals surface area contributed by atoms with Gasteiger partial charge in [-0.25, -0.2) is 10.4 Å². The second kappa shape index (κ2) is 6.52. The van der Waals surface area contributed by atoms with Gasteiger partial charge in [0.1, 0.15) is 5.57 Å². The molecule has 0 spiro atoms. The quantitative estimate of drug-likeness (QED) is 0.494. The van der Waals surface area contributed by atoms with Gasteiger partial charge < -0.3 is 0 Å². The number of hydrogen-bond acceptors (Lipinski definition) is 3. The van der Waals surface area contributed by atoms with E-state index in [-0.39, 0.29) is 11.5 Å². The van der Waals surface area contributed by atoms with E-state index in [9.17, 15) is 9.59 Å². The van der Waals surface area contributed by atoms with Crippen molar-refractivity contribution in [3.63, 3.8) is 0 Å². The van der Waals surface area contributed by atoms with Crippen molar-refractivity contribution in [2.24, 2.45) is 10.1 Å². The first-order valence-corrected chi connectivity index (χ1v) is 7.51. The summed E-state index contributed by atoms with van der Waals surface area (Å²) in [6.07, 6.45) is 1.64. The molecule has 3 rings (SSSR count). The van der Waals surface area contributed by atoms with E-state index in [0.717, 1.165) is 9.69 Å². The Labute approximate surface area is 139 Å². The van der Waals surface area contributed by atoms with Gasteiger partial charge in [0, 0.05) is 21.1 Å². The van der Waals surface area contributed by atoms with Gasteiger partial charge in [-0.1, -0.05) is 34.1 Å². The first-order valence-electron chi connectivity index (χ1n) is 6.72. The fourth-order valence-corrected chi connectivity index (χ4v) is 2.25. The summed E-state index contributed by atoms with van der Waals surface area (Å²) in [4.78, 5) is 27.7. The molecule has 2 aromatic rings. The molecule has 2 aromatic carbocycles. The lowest BCUT2D eigenvalue weighted by molar-refractivity contribution is -0.114. The average Bonchev–Trinajstić information content (AvgIpc) is 2.56. The molecule has 0 saturated carbocycles. The van der Waals surface area contributed by atoms with E-state index in [1.54, 1.807) is 36.4 Å². The minimum Gasteiger partial charge on any atom is -0.267 e. The number of fused-ring (bicyclic) bond motifs is 1. The zero-order chi connectivity index (χ0) is 16.2. The fraction of sp³-hybridized carbons (Fsp3) is 0. The average molecular weight is 368 g/mol. The Morgan fingerprint density at radius 3 is 2.65 bits per heavy atom. The summed E-state index contributed by atoms with van der Waals surface area (Å²) in [6.45, 7) is 0. The van der Waals surface area contributed by atoms with E-state index >= 15 is 0 Å². The van der Waals surface area contributed by atoms with E-state index in [2.05, 4.69) is 37.3 Å². The molecule has 6 heteroatoms. The highest BCUT2D eigenvalue weighted by molar-refractivity contribution is 9.10. The lowest BCUT2D eigenvalue weighted by Crippen LogP contribution is -2.30. The summed E-state index contributed by atoms with van der Waals surface area (Å²) in [6, 6.07) is 14.1. The van der Waals surface area contributed by atoms with Crippen molar-refractivity contribution in [2.45, 2.75) is 0 Å². The van der Waals surface area contributed by atoms with Crippen LogP contribution < -0.4 is 16.0 Å². The fourth-order valence-electron chi connectivity index (χ4n) is 1.98. The highest BCUT2D eigenvalue weighted by Crippen LogP contribution is 2.10. The number of halogens is 1. The number of carbonyl (C=O) groups excluding carboxylic acids is 2. The van der Waals surface area contributed by atoms with Crippen LogP contribution in [0, 0.1) is 0 Å². The largest absolute Gasteiger partial charge is 0.287 e. The molecule has 0 fully saturated rings. The highest BCUT2D eigenvalue weighted by Gasteiger charge is 2.09. The molecular weight excluding hydrogens is 358 g/mol. The van der Waals surface area contributed by atoms with Gasteiger partial charge in [0.15, 0.2) is 0 Å². The monoisotopic (exact) mass is 367 g/mol. The predicted octanol–water partition coefficient (Wildman–Crippen LogP) is 1.33. The lowest BCUT2D eigenvalue weighted by atomic mass is 10.1. The van der Waals surface area contributed by atoms with Gasteiger partial charge in [-0.15, -0.1) is 5.10 Å². The Morgan fingerprint density at radius 1 is 1.13 bits per heavy atom. The molecule has 0 aromatic heterocycles. The molecule has 0 saturated heterocycles. The second-order valence-electron chi connectivity index (χ2n) is 4.71. The molecule has 5 nitrogen and oxygen atoms in total. The number of nitrogens with zero attached hydrogens (tertiary/aromatic N) is 2. The molecule has 0 aliphatic carbocycles. The van der Waals surface area contributed by atoms with Crippen LogP contribution in [-0.4, -0.2) is 17.7 Å². The molecule has 112 valence electrons. The third kappa shape index (κ3) is 3.51. The Bertz CT molecular complexity index is 972. The molecule has 1 aliphatic rings. The minimum atomic E-state index is -0.439. The second-order valence-corrected chi connectivity index (χ2v) is 5.62. The highest BCUT2D eigenvalue weighted by atomic mass is 79.9. The topological polar surface area (TPSA) is 70.9 Å². The summed E-state index contributed by atoms with van der Waals surface area (Å²) >= 11 is 3.30. The minimum absolute atomic E-state index is 0.194. The normalized spacial score (nSPS) is 12.4. The standard InChI is InChI=1S/C17H10BrN3O2/c18-14-7-5-11(6-8-14)17(23)21-19-10-13-9-12-3-1-2-4-15(12)20-16(13)22/h1-9H,(H,21,23). The third-order valence-electron chi connectivity index (χ3n) is 3.13. The number of hydrogen-bond donors (Lipinski definition) is 1. The first kappa shape index (κ1) is 15.1. The third-order valence-corrected chi connectivity index (χ3v) is 3.66. The lowest BCUT2D eigenvalue weighted by Gasteiger charge is -2.00. The number of hydrazone groups is 1. The van der Waals surface area contributed by atoms with E-state index in [0.29, 0.717) is 10.9 Å². The van der Waals surface area contributed by atoms with Crippen molar-refractivity contribution >= 4 is 39.7 Å². The van der Waals surface area contributed by atoms with E-state index in [4.69, 9.17) is 0 Å². The summed E-state index contributed by atoms with van der Waals surface area (Å²) in [5.74, 6) is 1.70. The van der Waals surface area contributed by atoms with Crippen LogP contribution in [0.1, 0.15) is 10.4 Å². The van der Waals surface area contributed by atoms with E-state index in [1.165, 1.54) is 0 Å². The molecule has 1 aliphatic heterocycles. The van der Waals surface area contributed by atoms with Crippen molar-refractivity contribution in [2.75, 3.05) is 0 Å². The van der Waals surface area contributed by atoms with Crippen LogP contribution in [0.3, 0.4) is 0 Å². The van der Waals surface area contributed by atoms with Gasteiger partial charge in [-0.05, 0) is 36.4 Å². The van der Waals surface area contributed by atoms with Crippen LogP contribution in [0.15, 0.2) is 68.7 Å². The number of benzene rings is 2. The number of amides is 2.